The summed E-state index contributed by atoms with van der Waals surface area (Å²) in [5.74, 6) is 0.755. The molecule has 0 radical (unpaired) electrons. The number of aromatic amines is 1. The lowest BCUT2D eigenvalue weighted by molar-refractivity contribution is 0.329. The van der Waals surface area contributed by atoms with E-state index >= 15 is 0 Å². The minimum absolute atomic E-state index is 0.614. The Morgan fingerprint density at radius 1 is 1.56 bits per heavy atom. The minimum Gasteiger partial charge on any atom is -0.311 e. The Morgan fingerprint density at radius 3 is 3.12 bits per heavy atom. The highest BCUT2D eigenvalue weighted by Gasteiger charge is 2.22. The molecule has 0 amide bonds. The van der Waals surface area contributed by atoms with E-state index in [4.69, 9.17) is 0 Å². The van der Waals surface area contributed by atoms with Crippen LogP contribution < -0.4 is 5.32 Å². The fourth-order valence-electron chi connectivity index (χ4n) is 2.45. The van der Waals surface area contributed by atoms with Gasteiger partial charge >= 0.3 is 0 Å². The van der Waals surface area contributed by atoms with E-state index < -0.39 is 0 Å². The molecular weight excluding hydrogens is 198 g/mol. The van der Waals surface area contributed by atoms with Crippen LogP contribution in [0.25, 0.3) is 0 Å². The van der Waals surface area contributed by atoms with E-state index in [9.17, 15) is 0 Å². The van der Waals surface area contributed by atoms with E-state index in [0.29, 0.717) is 12.1 Å². The highest BCUT2D eigenvalue weighted by molar-refractivity contribution is 5.21. The zero-order valence-corrected chi connectivity index (χ0v) is 10.6. The fraction of sp³-hybridized carbons (Fsp3) is 0.769. The lowest BCUT2D eigenvalue weighted by atomic mass is 9.91. The molecular formula is C13H23N3. The molecule has 0 bridgehead atoms. The van der Waals surface area contributed by atoms with Crippen molar-refractivity contribution in [2.45, 2.75) is 58.5 Å². The number of hydrogen-bond donors (Lipinski definition) is 2. The highest BCUT2D eigenvalue weighted by Crippen LogP contribution is 2.20. The van der Waals surface area contributed by atoms with E-state index in [2.05, 4.69) is 36.3 Å². The van der Waals surface area contributed by atoms with Gasteiger partial charge in [0.25, 0.3) is 0 Å². The zero-order chi connectivity index (χ0) is 11.5. The van der Waals surface area contributed by atoms with Crippen LogP contribution in [0.1, 0.15) is 44.9 Å². The maximum Gasteiger partial charge on any atom is 0.0522 e. The molecule has 3 atom stereocenters. The van der Waals surface area contributed by atoms with Gasteiger partial charge in [-0.15, -0.1) is 0 Å². The van der Waals surface area contributed by atoms with Crippen molar-refractivity contribution in [3.63, 3.8) is 0 Å². The quantitative estimate of drug-likeness (QED) is 0.819. The topological polar surface area (TPSA) is 40.7 Å². The van der Waals surface area contributed by atoms with Crippen molar-refractivity contribution in [3.05, 3.63) is 17.5 Å². The van der Waals surface area contributed by atoms with E-state index in [1.54, 1.807) is 0 Å². The van der Waals surface area contributed by atoms with Crippen molar-refractivity contribution in [3.8, 4) is 0 Å². The van der Waals surface area contributed by atoms with Gasteiger partial charge in [-0.1, -0.05) is 20.3 Å². The Kier molecular flexibility index (Phi) is 3.64. The van der Waals surface area contributed by atoms with Crippen LogP contribution in [0.4, 0.5) is 0 Å². The van der Waals surface area contributed by atoms with Crippen molar-refractivity contribution in [2.24, 2.45) is 5.92 Å². The summed E-state index contributed by atoms with van der Waals surface area (Å²) in [6, 6.07) is 1.25. The number of rotatable bonds is 4. The largest absolute Gasteiger partial charge is 0.311 e. The molecule has 1 heterocycles. The number of hydrogen-bond acceptors (Lipinski definition) is 2. The molecule has 90 valence electrons. The van der Waals surface area contributed by atoms with Gasteiger partial charge in [-0.3, -0.25) is 5.10 Å². The lowest BCUT2D eigenvalue weighted by Gasteiger charge is -2.29. The highest BCUT2D eigenvalue weighted by atomic mass is 15.1. The molecule has 3 nitrogen and oxygen atoms in total. The van der Waals surface area contributed by atoms with Gasteiger partial charge in [0, 0.05) is 17.8 Å². The fourth-order valence-corrected chi connectivity index (χ4v) is 2.45. The number of H-pyrrole nitrogens is 1. The first-order valence-corrected chi connectivity index (χ1v) is 6.47. The van der Waals surface area contributed by atoms with Crippen LogP contribution in [0, 0.1) is 5.92 Å². The zero-order valence-electron chi connectivity index (χ0n) is 10.6. The van der Waals surface area contributed by atoms with E-state index in [1.165, 1.54) is 24.1 Å². The molecule has 0 aromatic carbocycles. The Balaban J connectivity index is 1.89. The first-order valence-electron chi connectivity index (χ1n) is 6.47. The van der Waals surface area contributed by atoms with Crippen molar-refractivity contribution < 1.29 is 0 Å². The summed E-state index contributed by atoms with van der Waals surface area (Å²) in [5.41, 5.74) is 2.74. The number of nitrogens with one attached hydrogen (secondary N) is 2. The minimum atomic E-state index is 0.614. The van der Waals surface area contributed by atoms with Crippen molar-refractivity contribution in [1.29, 1.82) is 0 Å². The summed E-state index contributed by atoms with van der Waals surface area (Å²) in [4.78, 5) is 0. The van der Waals surface area contributed by atoms with Gasteiger partial charge in [0.15, 0.2) is 0 Å². The maximum atomic E-state index is 4.12. The molecule has 2 rings (SSSR count). The van der Waals surface area contributed by atoms with E-state index in [1.807, 2.05) is 6.20 Å². The van der Waals surface area contributed by atoms with E-state index in [0.717, 1.165) is 18.8 Å². The summed E-state index contributed by atoms with van der Waals surface area (Å²) in [5, 5.41) is 11.0. The third-order valence-electron chi connectivity index (χ3n) is 4.01. The molecule has 0 spiro atoms. The molecule has 0 saturated heterocycles. The van der Waals surface area contributed by atoms with Gasteiger partial charge in [0.1, 0.15) is 0 Å². The molecule has 1 aromatic heterocycles. The third kappa shape index (κ3) is 2.46. The smallest absolute Gasteiger partial charge is 0.0522 e. The average Bonchev–Trinajstić information content (AvgIpc) is 2.75. The van der Waals surface area contributed by atoms with Gasteiger partial charge < -0.3 is 5.32 Å². The summed E-state index contributed by atoms with van der Waals surface area (Å²) in [6.45, 7) is 6.89. The third-order valence-corrected chi connectivity index (χ3v) is 4.01. The summed E-state index contributed by atoms with van der Waals surface area (Å²) in [7, 11) is 0. The Hall–Kier alpha value is -0.830. The summed E-state index contributed by atoms with van der Waals surface area (Å²) in [6.07, 6.45) is 6.73. The predicted octanol–water partition coefficient (Wildman–Crippen LogP) is 2.29. The second kappa shape index (κ2) is 5.00. The molecule has 0 fully saturated rings. The molecule has 3 heteroatoms. The molecule has 0 aliphatic heterocycles. The molecule has 1 aromatic rings. The van der Waals surface area contributed by atoms with Crippen molar-refractivity contribution in [1.82, 2.24) is 15.5 Å². The Morgan fingerprint density at radius 2 is 2.38 bits per heavy atom. The van der Waals surface area contributed by atoms with Gasteiger partial charge in [-0.05, 0) is 37.7 Å². The SMILES string of the molecule is CCC(C)C(C)NC1CCc2[nH]ncc2C1. The monoisotopic (exact) mass is 221 g/mol. The summed E-state index contributed by atoms with van der Waals surface area (Å²) < 4.78 is 0. The van der Waals surface area contributed by atoms with Crippen LogP contribution in [0.15, 0.2) is 6.20 Å². The molecule has 0 saturated carbocycles. The van der Waals surface area contributed by atoms with Crippen LogP contribution >= 0.6 is 0 Å². The lowest BCUT2D eigenvalue weighted by Crippen LogP contribution is -2.42. The number of nitrogens with zero attached hydrogens (tertiary/aromatic N) is 1. The Labute approximate surface area is 98.0 Å². The van der Waals surface area contributed by atoms with Crippen LogP contribution in [-0.4, -0.2) is 22.3 Å². The molecule has 3 unspecified atom stereocenters. The summed E-state index contributed by atoms with van der Waals surface area (Å²) >= 11 is 0. The molecule has 1 aliphatic rings. The Bertz CT molecular complexity index is 332. The number of fused-ring (bicyclic) bond motifs is 1. The molecule has 2 N–H and O–H groups in total. The number of aromatic nitrogens is 2. The average molecular weight is 221 g/mol. The van der Waals surface area contributed by atoms with Crippen LogP contribution in [0.5, 0.6) is 0 Å². The first kappa shape index (κ1) is 11.6. The van der Waals surface area contributed by atoms with E-state index in [-0.39, 0.29) is 0 Å². The van der Waals surface area contributed by atoms with Gasteiger partial charge in [0.05, 0.1) is 6.20 Å². The molecule has 1 aliphatic carbocycles. The van der Waals surface area contributed by atoms with Crippen LogP contribution in [0.2, 0.25) is 0 Å². The van der Waals surface area contributed by atoms with Gasteiger partial charge in [-0.25, -0.2) is 0 Å². The normalized spacial score (nSPS) is 23.8. The second-order valence-corrected chi connectivity index (χ2v) is 5.15. The first-order chi connectivity index (χ1) is 7.70. The predicted molar refractivity (Wildman–Crippen MR) is 66.5 cm³/mol. The van der Waals surface area contributed by atoms with Crippen molar-refractivity contribution in [2.75, 3.05) is 0 Å². The molecule has 16 heavy (non-hydrogen) atoms. The van der Waals surface area contributed by atoms with Crippen LogP contribution in [-0.2, 0) is 12.8 Å². The standard InChI is InChI=1S/C13H23N3/c1-4-9(2)10(3)15-12-5-6-13-11(7-12)8-14-16-13/h8-10,12,15H,4-7H2,1-3H3,(H,14,16). The number of aryl methyl sites for hydroxylation is 1. The van der Waals surface area contributed by atoms with Crippen molar-refractivity contribution >= 4 is 0 Å². The second-order valence-electron chi connectivity index (χ2n) is 5.15. The van der Waals surface area contributed by atoms with Gasteiger partial charge in [-0.2, -0.15) is 5.10 Å². The van der Waals surface area contributed by atoms with Crippen LogP contribution in [0.3, 0.4) is 0 Å². The maximum absolute atomic E-state index is 4.12. The van der Waals surface area contributed by atoms with Gasteiger partial charge in [0.2, 0.25) is 0 Å².